The fourth-order valence-electron chi connectivity index (χ4n) is 4.56. The molecule has 1 aliphatic rings. The molecule has 0 aliphatic carbocycles. The molecule has 3 aromatic carbocycles. The zero-order valence-corrected chi connectivity index (χ0v) is 19.2. The van der Waals surface area contributed by atoms with E-state index in [0.717, 1.165) is 30.6 Å². The number of methoxy groups -OCH3 is 2. The first-order chi connectivity index (χ1) is 16.7. The van der Waals surface area contributed by atoms with E-state index in [1.165, 1.54) is 23.3 Å². The lowest BCUT2D eigenvalue weighted by Gasteiger charge is -2.35. The molecule has 0 spiro atoms. The molecular weight excluding hydrogens is 433 g/mol. The number of ether oxygens (including phenoxy) is 2. The summed E-state index contributed by atoms with van der Waals surface area (Å²) >= 11 is 0. The van der Waals surface area contributed by atoms with Crippen molar-refractivity contribution in [2.24, 2.45) is 0 Å². The van der Waals surface area contributed by atoms with Crippen molar-refractivity contribution in [3.8, 4) is 11.5 Å². The molecule has 1 unspecified atom stereocenters. The number of hydrogen-bond acceptors (Lipinski definition) is 6. The van der Waals surface area contributed by atoms with Crippen LogP contribution in [0, 0.1) is 5.82 Å². The first kappa shape index (κ1) is 22.0. The number of aromatic nitrogens is 4. The molecule has 7 nitrogen and oxygen atoms in total. The van der Waals surface area contributed by atoms with E-state index in [9.17, 15) is 4.39 Å². The molecule has 34 heavy (non-hydrogen) atoms. The Morgan fingerprint density at radius 1 is 0.971 bits per heavy atom. The van der Waals surface area contributed by atoms with Gasteiger partial charge >= 0.3 is 0 Å². The fourth-order valence-corrected chi connectivity index (χ4v) is 4.56. The molecule has 4 aromatic rings. The second-order valence-electron chi connectivity index (χ2n) is 8.32. The molecule has 8 heteroatoms. The summed E-state index contributed by atoms with van der Waals surface area (Å²) in [5, 5.41) is 12.7. The first-order valence-corrected chi connectivity index (χ1v) is 11.2. The zero-order valence-electron chi connectivity index (χ0n) is 19.2. The lowest BCUT2D eigenvalue weighted by molar-refractivity contribution is 0.191. The van der Waals surface area contributed by atoms with E-state index in [0.29, 0.717) is 23.9 Å². The summed E-state index contributed by atoms with van der Waals surface area (Å²) in [6.45, 7) is 2.04. The topological polar surface area (TPSA) is 65.3 Å². The van der Waals surface area contributed by atoms with Crippen molar-refractivity contribution in [2.45, 2.75) is 25.6 Å². The molecule has 0 N–H and O–H groups in total. The van der Waals surface area contributed by atoms with Crippen molar-refractivity contribution in [2.75, 3.05) is 20.8 Å². The van der Waals surface area contributed by atoms with Crippen LogP contribution in [0.5, 0.6) is 11.5 Å². The lowest BCUT2D eigenvalue weighted by atomic mass is 9.95. The van der Waals surface area contributed by atoms with Gasteiger partial charge in [-0.2, -0.15) is 0 Å². The number of benzene rings is 3. The summed E-state index contributed by atoms with van der Waals surface area (Å²) in [7, 11) is 3.29. The Bertz CT molecular complexity index is 1270. The molecule has 0 radical (unpaired) electrons. The third-order valence-corrected chi connectivity index (χ3v) is 6.31. The van der Waals surface area contributed by atoms with Crippen LogP contribution in [0.2, 0.25) is 0 Å². The summed E-state index contributed by atoms with van der Waals surface area (Å²) in [5.41, 5.74) is 4.53. The SMILES string of the molecule is COc1ccc(C(c2nnnn2Cc2ccc(F)cc2)N2CCc3ccccc3C2)c(OC)c1. The maximum absolute atomic E-state index is 13.4. The lowest BCUT2D eigenvalue weighted by Crippen LogP contribution is -2.36. The van der Waals surface area contributed by atoms with E-state index < -0.39 is 0 Å². The number of fused-ring (bicyclic) bond motifs is 1. The summed E-state index contributed by atoms with van der Waals surface area (Å²) < 4.78 is 26.4. The normalized spacial score (nSPS) is 14.4. The smallest absolute Gasteiger partial charge is 0.173 e. The summed E-state index contributed by atoms with van der Waals surface area (Å²) in [6.07, 6.45) is 0.935. The molecule has 0 fully saturated rings. The number of nitrogens with zero attached hydrogens (tertiary/aromatic N) is 5. The van der Waals surface area contributed by atoms with Crippen LogP contribution in [-0.4, -0.2) is 45.9 Å². The van der Waals surface area contributed by atoms with Crippen molar-refractivity contribution in [1.82, 2.24) is 25.1 Å². The Labute approximate surface area is 197 Å². The van der Waals surface area contributed by atoms with Gasteiger partial charge in [-0.15, -0.1) is 5.10 Å². The maximum Gasteiger partial charge on any atom is 0.173 e. The first-order valence-electron chi connectivity index (χ1n) is 11.2. The zero-order chi connectivity index (χ0) is 23.5. The predicted octanol–water partition coefficient (Wildman–Crippen LogP) is 4.03. The van der Waals surface area contributed by atoms with Crippen molar-refractivity contribution in [3.05, 3.63) is 101 Å². The monoisotopic (exact) mass is 459 g/mol. The van der Waals surface area contributed by atoms with Crippen molar-refractivity contribution in [3.63, 3.8) is 0 Å². The average molecular weight is 460 g/mol. The summed E-state index contributed by atoms with van der Waals surface area (Å²) in [5.74, 6) is 1.86. The molecule has 1 aliphatic heterocycles. The molecule has 1 atom stereocenters. The van der Waals surface area contributed by atoms with Crippen LogP contribution < -0.4 is 9.47 Å². The van der Waals surface area contributed by atoms with E-state index in [2.05, 4.69) is 44.7 Å². The van der Waals surface area contributed by atoms with Crippen LogP contribution in [0.1, 0.15) is 34.1 Å². The van der Waals surface area contributed by atoms with Gasteiger partial charge in [0, 0.05) is 24.7 Å². The Balaban J connectivity index is 1.58. The number of rotatable bonds is 7. The third kappa shape index (κ3) is 4.36. The highest BCUT2D eigenvalue weighted by molar-refractivity contribution is 5.45. The quantitative estimate of drug-likeness (QED) is 0.416. The highest BCUT2D eigenvalue weighted by Crippen LogP contribution is 2.38. The minimum atomic E-state index is -0.270. The molecule has 1 aromatic heterocycles. The van der Waals surface area contributed by atoms with Gasteiger partial charge in [-0.1, -0.05) is 36.4 Å². The van der Waals surface area contributed by atoms with Crippen LogP contribution in [-0.2, 0) is 19.5 Å². The summed E-state index contributed by atoms with van der Waals surface area (Å²) in [6, 6.07) is 20.5. The van der Waals surface area contributed by atoms with Crippen LogP contribution >= 0.6 is 0 Å². The Morgan fingerprint density at radius 3 is 2.53 bits per heavy atom. The van der Waals surface area contributed by atoms with Crippen molar-refractivity contribution in [1.29, 1.82) is 0 Å². The summed E-state index contributed by atoms with van der Waals surface area (Å²) in [4.78, 5) is 2.37. The van der Waals surface area contributed by atoms with E-state index in [-0.39, 0.29) is 11.9 Å². The fraction of sp³-hybridized carbons (Fsp3) is 0.269. The second-order valence-corrected chi connectivity index (χ2v) is 8.32. The molecule has 0 bridgehead atoms. The van der Waals surface area contributed by atoms with E-state index in [1.54, 1.807) is 31.0 Å². The van der Waals surface area contributed by atoms with Crippen LogP contribution in [0.25, 0.3) is 0 Å². The number of hydrogen-bond donors (Lipinski definition) is 0. The van der Waals surface area contributed by atoms with Gasteiger partial charge in [-0.3, -0.25) is 4.90 Å². The molecular formula is C26H26FN5O2. The molecule has 0 amide bonds. The van der Waals surface area contributed by atoms with Gasteiger partial charge in [0.2, 0.25) is 0 Å². The van der Waals surface area contributed by atoms with Gasteiger partial charge in [0.05, 0.1) is 20.8 Å². The molecule has 2 heterocycles. The van der Waals surface area contributed by atoms with Gasteiger partial charge in [0.1, 0.15) is 23.4 Å². The highest BCUT2D eigenvalue weighted by atomic mass is 19.1. The van der Waals surface area contributed by atoms with E-state index in [1.807, 2.05) is 18.2 Å². The van der Waals surface area contributed by atoms with Crippen molar-refractivity contribution >= 4 is 0 Å². The maximum atomic E-state index is 13.4. The second kappa shape index (κ2) is 9.61. The third-order valence-electron chi connectivity index (χ3n) is 6.31. The molecule has 174 valence electrons. The van der Waals surface area contributed by atoms with Gasteiger partial charge in [-0.05, 0) is 57.8 Å². The van der Waals surface area contributed by atoms with Crippen molar-refractivity contribution < 1.29 is 13.9 Å². The van der Waals surface area contributed by atoms with Gasteiger partial charge in [-0.25, -0.2) is 9.07 Å². The molecule has 0 saturated heterocycles. The predicted molar refractivity (Wildman–Crippen MR) is 125 cm³/mol. The van der Waals surface area contributed by atoms with Gasteiger partial charge in [0.15, 0.2) is 5.82 Å². The van der Waals surface area contributed by atoms with Gasteiger partial charge < -0.3 is 9.47 Å². The molecule has 5 rings (SSSR count). The number of halogens is 1. The largest absolute Gasteiger partial charge is 0.497 e. The minimum absolute atomic E-state index is 0.246. The Hall–Kier alpha value is -3.78. The Kier molecular flexibility index (Phi) is 6.22. The van der Waals surface area contributed by atoms with Crippen LogP contribution in [0.3, 0.4) is 0 Å². The standard InChI is InChI=1S/C26H26FN5O2/c1-33-22-11-12-23(24(15-22)34-2)25(31-14-13-19-5-3-4-6-20(19)17-31)26-28-29-30-32(26)16-18-7-9-21(27)10-8-18/h3-12,15,25H,13-14,16-17H2,1-2H3. The average Bonchev–Trinajstić information content (AvgIpc) is 3.33. The van der Waals surface area contributed by atoms with Crippen LogP contribution in [0.15, 0.2) is 66.7 Å². The Morgan fingerprint density at radius 2 is 1.76 bits per heavy atom. The molecule has 0 saturated carbocycles. The highest BCUT2D eigenvalue weighted by Gasteiger charge is 2.32. The van der Waals surface area contributed by atoms with Crippen LogP contribution in [0.4, 0.5) is 4.39 Å². The van der Waals surface area contributed by atoms with Gasteiger partial charge in [0.25, 0.3) is 0 Å². The van der Waals surface area contributed by atoms with E-state index >= 15 is 0 Å². The van der Waals surface area contributed by atoms with E-state index in [4.69, 9.17) is 9.47 Å². The number of tetrazole rings is 1. The minimum Gasteiger partial charge on any atom is -0.497 e.